The van der Waals surface area contributed by atoms with Crippen molar-refractivity contribution in [2.45, 2.75) is 57.4 Å². The third-order valence-electron chi connectivity index (χ3n) is 6.21. The van der Waals surface area contributed by atoms with Crippen molar-refractivity contribution in [3.63, 3.8) is 0 Å². The first-order valence-corrected chi connectivity index (χ1v) is 10.8. The summed E-state index contributed by atoms with van der Waals surface area (Å²) in [4.78, 5) is 19.1. The highest BCUT2D eigenvalue weighted by molar-refractivity contribution is 6.30. The number of nitrogens with one attached hydrogen (secondary N) is 1. The molecule has 2 fully saturated rings. The molecule has 0 spiro atoms. The van der Waals surface area contributed by atoms with Gasteiger partial charge in [0.2, 0.25) is 0 Å². The smallest absolute Gasteiger partial charge is 0.314 e. The van der Waals surface area contributed by atoms with Gasteiger partial charge in [-0.15, -0.1) is 0 Å². The van der Waals surface area contributed by atoms with E-state index in [1.54, 1.807) is 6.20 Å². The number of carboxylic acid groups (broad SMARTS) is 1. The van der Waals surface area contributed by atoms with Gasteiger partial charge in [0.25, 0.3) is 0 Å². The molecule has 0 radical (unpaired) electrons. The van der Waals surface area contributed by atoms with Crippen LogP contribution in [0, 0.1) is 5.92 Å². The van der Waals surface area contributed by atoms with Crippen LogP contribution in [0.15, 0.2) is 36.5 Å². The second kappa shape index (κ2) is 7.86. The topological polar surface area (TPSA) is 65.5 Å². The molecule has 0 atom stereocenters. The van der Waals surface area contributed by atoms with Gasteiger partial charge in [-0.1, -0.05) is 18.0 Å². The van der Waals surface area contributed by atoms with Crippen LogP contribution in [0.1, 0.15) is 51.5 Å². The van der Waals surface area contributed by atoms with Crippen LogP contribution in [-0.4, -0.2) is 28.6 Å². The molecule has 4 rings (SSSR count). The van der Waals surface area contributed by atoms with Gasteiger partial charge in [-0.3, -0.25) is 4.79 Å². The van der Waals surface area contributed by atoms with E-state index >= 15 is 0 Å². The molecule has 0 aliphatic heterocycles. The standard InChI is InChI=1S/C23H28ClN3O2/c1-15(2)27(14-16-4-5-16)21-20(26-19-8-6-18(24)7-9-19)12-17(13-25-21)23(22(28)29)10-3-11-23/h6-9,12-13,15-16,26H,3-5,10-11,14H2,1-2H3,(H,28,29). The molecule has 1 aromatic carbocycles. The van der Waals surface area contributed by atoms with E-state index in [9.17, 15) is 9.90 Å². The molecular formula is C23H28ClN3O2. The third-order valence-corrected chi connectivity index (χ3v) is 6.46. The zero-order chi connectivity index (χ0) is 20.6. The minimum absolute atomic E-state index is 0.303. The summed E-state index contributed by atoms with van der Waals surface area (Å²) in [6, 6.07) is 9.83. The quantitative estimate of drug-likeness (QED) is 0.588. The number of pyridine rings is 1. The maximum atomic E-state index is 12.0. The Hall–Kier alpha value is -2.27. The Labute approximate surface area is 177 Å². The maximum absolute atomic E-state index is 12.0. The monoisotopic (exact) mass is 413 g/mol. The summed E-state index contributed by atoms with van der Waals surface area (Å²) in [5, 5.41) is 14.0. The first-order chi connectivity index (χ1) is 13.9. The number of carbonyl (C=O) groups is 1. The van der Waals surface area contributed by atoms with Crippen LogP contribution >= 0.6 is 11.6 Å². The maximum Gasteiger partial charge on any atom is 0.314 e. The third kappa shape index (κ3) is 4.06. The SMILES string of the molecule is CC(C)N(CC1CC1)c1ncc(C2(C(=O)O)CCC2)cc1Nc1ccc(Cl)cc1. The van der Waals surface area contributed by atoms with Gasteiger partial charge in [-0.05, 0) is 81.3 Å². The summed E-state index contributed by atoms with van der Waals surface area (Å²) in [6.45, 7) is 5.33. The van der Waals surface area contributed by atoms with Crippen LogP contribution in [0.3, 0.4) is 0 Å². The largest absolute Gasteiger partial charge is 0.481 e. The zero-order valence-corrected chi connectivity index (χ0v) is 17.7. The van der Waals surface area contributed by atoms with Gasteiger partial charge in [-0.2, -0.15) is 0 Å². The van der Waals surface area contributed by atoms with E-state index in [4.69, 9.17) is 16.6 Å². The summed E-state index contributed by atoms with van der Waals surface area (Å²) in [7, 11) is 0. The normalized spacial score (nSPS) is 17.7. The van der Waals surface area contributed by atoms with Crippen LogP contribution in [0.25, 0.3) is 0 Å². The second-order valence-corrected chi connectivity index (χ2v) is 9.09. The lowest BCUT2D eigenvalue weighted by molar-refractivity contribution is -0.147. The van der Waals surface area contributed by atoms with E-state index in [-0.39, 0.29) is 0 Å². The fraction of sp³-hybridized carbons (Fsp3) is 0.478. The van der Waals surface area contributed by atoms with E-state index in [1.165, 1.54) is 12.8 Å². The summed E-state index contributed by atoms with van der Waals surface area (Å²) in [5.74, 6) is 0.846. The van der Waals surface area contributed by atoms with Gasteiger partial charge in [0.05, 0.1) is 11.1 Å². The van der Waals surface area contributed by atoms with Gasteiger partial charge in [0, 0.05) is 29.5 Å². The molecule has 2 saturated carbocycles. The number of rotatable bonds is 8. The van der Waals surface area contributed by atoms with Gasteiger partial charge < -0.3 is 15.3 Å². The van der Waals surface area contributed by atoms with E-state index in [2.05, 4.69) is 24.1 Å². The van der Waals surface area contributed by atoms with Crippen LogP contribution < -0.4 is 10.2 Å². The van der Waals surface area contributed by atoms with Crippen molar-refractivity contribution >= 4 is 34.8 Å². The summed E-state index contributed by atoms with van der Waals surface area (Å²) in [5.41, 5.74) is 1.74. The van der Waals surface area contributed by atoms with E-state index in [0.29, 0.717) is 23.9 Å². The fourth-order valence-electron chi connectivity index (χ4n) is 4.01. The number of hydrogen-bond acceptors (Lipinski definition) is 4. The zero-order valence-electron chi connectivity index (χ0n) is 17.0. The van der Waals surface area contributed by atoms with E-state index in [1.807, 2.05) is 30.3 Å². The number of aromatic nitrogens is 1. The Morgan fingerprint density at radius 1 is 1.31 bits per heavy atom. The Morgan fingerprint density at radius 2 is 2.00 bits per heavy atom. The predicted molar refractivity (Wildman–Crippen MR) is 117 cm³/mol. The van der Waals surface area contributed by atoms with Crippen LogP contribution in [0.2, 0.25) is 5.02 Å². The van der Waals surface area contributed by atoms with Crippen molar-refractivity contribution in [1.82, 2.24) is 4.98 Å². The summed E-state index contributed by atoms with van der Waals surface area (Å²) < 4.78 is 0. The van der Waals surface area contributed by atoms with E-state index < -0.39 is 11.4 Å². The summed E-state index contributed by atoms with van der Waals surface area (Å²) >= 11 is 6.03. The number of aliphatic carboxylic acids is 1. The highest BCUT2D eigenvalue weighted by Crippen LogP contribution is 2.46. The molecule has 1 heterocycles. The van der Waals surface area contributed by atoms with Crippen molar-refractivity contribution in [2.24, 2.45) is 5.92 Å². The molecule has 0 bridgehead atoms. The van der Waals surface area contributed by atoms with Gasteiger partial charge in [-0.25, -0.2) is 4.98 Å². The molecule has 0 amide bonds. The molecule has 29 heavy (non-hydrogen) atoms. The van der Waals surface area contributed by atoms with Crippen molar-refractivity contribution in [1.29, 1.82) is 0 Å². The molecule has 6 heteroatoms. The van der Waals surface area contributed by atoms with Gasteiger partial charge in [0.15, 0.2) is 5.82 Å². The number of hydrogen-bond donors (Lipinski definition) is 2. The average molecular weight is 414 g/mol. The van der Waals surface area contributed by atoms with Crippen LogP contribution in [0.5, 0.6) is 0 Å². The Kier molecular flexibility index (Phi) is 5.43. The molecule has 2 aliphatic rings. The number of halogens is 1. The minimum atomic E-state index is -0.804. The van der Waals surface area contributed by atoms with Gasteiger partial charge >= 0.3 is 5.97 Å². The van der Waals surface area contributed by atoms with Crippen LogP contribution in [0.4, 0.5) is 17.2 Å². The molecule has 2 aromatic rings. The van der Waals surface area contributed by atoms with Crippen LogP contribution in [-0.2, 0) is 10.2 Å². The molecule has 0 unspecified atom stereocenters. The first-order valence-electron chi connectivity index (χ1n) is 10.4. The molecule has 2 N–H and O–H groups in total. The van der Waals surface area contributed by atoms with Crippen molar-refractivity contribution in [2.75, 3.05) is 16.8 Å². The molecule has 0 saturated heterocycles. The van der Waals surface area contributed by atoms with Crippen molar-refractivity contribution < 1.29 is 9.90 Å². The lowest BCUT2D eigenvalue weighted by Crippen LogP contribution is -2.42. The lowest BCUT2D eigenvalue weighted by Gasteiger charge is -2.38. The lowest BCUT2D eigenvalue weighted by atomic mass is 9.65. The Morgan fingerprint density at radius 3 is 2.52 bits per heavy atom. The molecule has 5 nitrogen and oxygen atoms in total. The number of nitrogens with zero attached hydrogens (tertiary/aromatic N) is 2. The average Bonchev–Trinajstić information content (AvgIpc) is 3.45. The van der Waals surface area contributed by atoms with Crippen molar-refractivity contribution in [3.05, 3.63) is 47.1 Å². The summed E-state index contributed by atoms with van der Waals surface area (Å²) in [6.07, 6.45) is 6.58. The molecule has 2 aliphatic carbocycles. The minimum Gasteiger partial charge on any atom is -0.481 e. The first kappa shape index (κ1) is 20.0. The second-order valence-electron chi connectivity index (χ2n) is 8.66. The predicted octanol–water partition coefficient (Wildman–Crippen LogP) is 5.61. The fourth-order valence-corrected chi connectivity index (χ4v) is 4.13. The molecule has 1 aromatic heterocycles. The molecular weight excluding hydrogens is 386 g/mol. The number of anilines is 3. The molecule has 154 valence electrons. The number of benzene rings is 1. The number of carboxylic acids is 1. The Balaban J connectivity index is 1.74. The van der Waals surface area contributed by atoms with Gasteiger partial charge in [0.1, 0.15) is 0 Å². The highest BCUT2D eigenvalue weighted by atomic mass is 35.5. The Bertz CT molecular complexity index is 889. The highest BCUT2D eigenvalue weighted by Gasteiger charge is 2.46. The van der Waals surface area contributed by atoms with Crippen molar-refractivity contribution in [3.8, 4) is 0 Å². The van der Waals surface area contributed by atoms with E-state index in [0.717, 1.165) is 41.6 Å².